The lowest BCUT2D eigenvalue weighted by Gasteiger charge is -2.17. The van der Waals surface area contributed by atoms with Gasteiger partial charge < -0.3 is 4.90 Å². The van der Waals surface area contributed by atoms with Crippen molar-refractivity contribution in [2.75, 3.05) is 21.1 Å². The Balaban J connectivity index is 1.91. The lowest BCUT2D eigenvalue weighted by molar-refractivity contribution is -0.130. The minimum atomic E-state index is -3.41. The van der Waals surface area contributed by atoms with Crippen molar-refractivity contribution in [1.82, 2.24) is 9.21 Å². The van der Waals surface area contributed by atoms with Crippen LogP contribution in [0.15, 0.2) is 59.5 Å². The van der Waals surface area contributed by atoms with Gasteiger partial charge in [-0.1, -0.05) is 42.5 Å². The highest BCUT2D eigenvalue weighted by molar-refractivity contribution is 7.89. The van der Waals surface area contributed by atoms with E-state index in [4.69, 9.17) is 0 Å². The van der Waals surface area contributed by atoms with Crippen LogP contribution in [0.25, 0.3) is 0 Å². The highest BCUT2D eigenvalue weighted by Gasteiger charge is 2.16. The molecule has 0 spiro atoms. The molecule has 0 radical (unpaired) electrons. The predicted molar refractivity (Wildman–Crippen MR) is 98.6 cm³/mol. The summed E-state index contributed by atoms with van der Waals surface area (Å²) in [7, 11) is 1.39. The Labute approximate surface area is 149 Å². The van der Waals surface area contributed by atoms with Crippen LogP contribution in [0.1, 0.15) is 17.5 Å². The molecule has 2 rings (SSSR count). The van der Waals surface area contributed by atoms with Crippen molar-refractivity contribution < 1.29 is 13.2 Å². The zero-order valence-electron chi connectivity index (χ0n) is 14.8. The van der Waals surface area contributed by atoms with Gasteiger partial charge in [-0.25, -0.2) is 12.7 Å². The molecule has 0 atom stereocenters. The smallest absolute Gasteiger partial charge is 0.242 e. The monoisotopic (exact) mass is 360 g/mol. The lowest BCUT2D eigenvalue weighted by atomic mass is 10.1. The van der Waals surface area contributed by atoms with Crippen molar-refractivity contribution in [3.05, 3.63) is 65.7 Å². The maximum Gasteiger partial charge on any atom is 0.242 e. The van der Waals surface area contributed by atoms with E-state index >= 15 is 0 Å². The van der Waals surface area contributed by atoms with Crippen molar-refractivity contribution in [3.8, 4) is 0 Å². The van der Waals surface area contributed by atoms with Gasteiger partial charge in [-0.2, -0.15) is 0 Å². The fraction of sp³-hybridized carbons (Fsp3) is 0.316. The minimum Gasteiger partial charge on any atom is -0.341 e. The summed E-state index contributed by atoms with van der Waals surface area (Å²) >= 11 is 0. The van der Waals surface area contributed by atoms with Crippen molar-refractivity contribution in [2.45, 2.75) is 24.3 Å². The molecule has 0 fully saturated rings. The number of aryl methyl sites for hydroxylation is 1. The molecule has 0 heterocycles. The van der Waals surface area contributed by atoms with Crippen LogP contribution in [0, 0.1) is 0 Å². The van der Waals surface area contributed by atoms with Gasteiger partial charge in [-0.05, 0) is 29.7 Å². The highest BCUT2D eigenvalue weighted by atomic mass is 32.2. The van der Waals surface area contributed by atoms with Gasteiger partial charge >= 0.3 is 0 Å². The molecule has 2 aromatic rings. The molecule has 0 unspecified atom stereocenters. The van der Waals surface area contributed by atoms with Crippen LogP contribution in [0.2, 0.25) is 0 Å². The van der Waals surface area contributed by atoms with Gasteiger partial charge in [-0.3, -0.25) is 4.79 Å². The third kappa shape index (κ3) is 5.14. The Morgan fingerprint density at radius 3 is 2.04 bits per heavy atom. The number of nitrogens with zero attached hydrogens (tertiary/aromatic N) is 2. The number of sulfonamides is 1. The molecule has 0 saturated carbocycles. The topological polar surface area (TPSA) is 57.7 Å². The van der Waals surface area contributed by atoms with Gasteiger partial charge in [0.2, 0.25) is 15.9 Å². The average molecular weight is 360 g/mol. The summed E-state index contributed by atoms with van der Waals surface area (Å²) in [6, 6.07) is 16.5. The summed E-state index contributed by atoms with van der Waals surface area (Å²) < 4.78 is 25.3. The molecule has 0 aliphatic carbocycles. The third-order valence-electron chi connectivity index (χ3n) is 4.02. The second-order valence-corrected chi connectivity index (χ2v) is 8.32. The van der Waals surface area contributed by atoms with Gasteiger partial charge in [-0.15, -0.1) is 0 Å². The van der Waals surface area contributed by atoms with E-state index in [1.807, 2.05) is 30.3 Å². The van der Waals surface area contributed by atoms with Gasteiger partial charge in [0, 0.05) is 34.1 Å². The molecule has 0 bridgehead atoms. The van der Waals surface area contributed by atoms with E-state index in [1.165, 1.54) is 18.4 Å². The molecule has 134 valence electrons. The van der Waals surface area contributed by atoms with E-state index in [1.54, 1.807) is 36.2 Å². The molecule has 1 amide bonds. The SMILES string of the molecule is CN(Cc1ccccc1)C(=O)CCc1ccc(S(=O)(=O)N(C)C)cc1. The molecule has 0 N–H and O–H groups in total. The zero-order valence-corrected chi connectivity index (χ0v) is 15.7. The van der Waals surface area contributed by atoms with Gasteiger partial charge in [0.1, 0.15) is 0 Å². The number of carbonyl (C=O) groups is 1. The van der Waals surface area contributed by atoms with Crippen LogP contribution < -0.4 is 0 Å². The summed E-state index contributed by atoms with van der Waals surface area (Å²) in [5.74, 6) is 0.0637. The van der Waals surface area contributed by atoms with Crippen molar-refractivity contribution in [1.29, 1.82) is 0 Å². The average Bonchev–Trinajstić information content (AvgIpc) is 2.60. The predicted octanol–water partition coefficient (Wildman–Crippen LogP) is 2.53. The summed E-state index contributed by atoms with van der Waals surface area (Å²) in [6.45, 7) is 0.583. The van der Waals surface area contributed by atoms with Gasteiger partial charge in [0.15, 0.2) is 0 Å². The van der Waals surface area contributed by atoms with E-state index in [2.05, 4.69) is 0 Å². The number of amides is 1. The lowest BCUT2D eigenvalue weighted by Crippen LogP contribution is -2.26. The van der Waals surface area contributed by atoms with Crippen LogP contribution in [-0.4, -0.2) is 44.7 Å². The first kappa shape index (κ1) is 19.1. The van der Waals surface area contributed by atoms with Crippen LogP contribution in [0.4, 0.5) is 0 Å². The Bertz CT molecular complexity index is 800. The third-order valence-corrected chi connectivity index (χ3v) is 5.85. The zero-order chi connectivity index (χ0) is 18.4. The van der Waals surface area contributed by atoms with Gasteiger partial charge in [0.05, 0.1) is 4.90 Å². The number of rotatable bonds is 7. The number of benzene rings is 2. The van der Waals surface area contributed by atoms with Crippen molar-refractivity contribution in [3.63, 3.8) is 0 Å². The van der Waals surface area contributed by atoms with E-state index in [0.29, 0.717) is 19.4 Å². The molecule has 5 nitrogen and oxygen atoms in total. The summed E-state index contributed by atoms with van der Waals surface area (Å²) in [4.78, 5) is 14.2. The molecular formula is C19H24N2O3S. The van der Waals surface area contributed by atoms with Crippen LogP contribution >= 0.6 is 0 Å². The molecule has 6 heteroatoms. The quantitative estimate of drug-likeness (QED) is 0.762. The Hall–Kier alpha value is -2.18. The van der Waals surface area contributed by atoms with Crippen molar-refractivity contribution in [2.24, 2.45) is 0 Å². The van der Waals surface area contributed by atoms with E-state index in [9.17, 15) is 13.2 Å². The summed E-state index contributed by atoms with van der Waals surface area (Å²) in [5, 5.41) is 0. The van der Waals surface area contributed by atoms with Crippen LogP contribution in [0.3, 0.4) is 0 Å². The van der Waals surface area contributed by atoms with Crippen LogP contribution in [-0.2, 0) is 27.8 Å². The minimum absolute atomic E-state index is 0.0637. The van der Waals surface area contributed by atoms with E-state index in [-0.39, 0.29) is 10.8 Å². The number of hydrogen-bond acceptors (Lipinski definition) is 3. The Morgan fingerprint density at radius 1 is 0.880 bits per heavy atom. The first-order valence-electron chi connectivity index (χ1n) is 8.10. The Morgan fingerprint density at radius 2 is 1.48 bits per heavy atom. The van der Waals surface area contributed by atoms with E-state index in [0.717, 1.165) is 11.1 Å². The first-order valence-corrected chi connectivity index (χ1v) is 9.54. The van der Waals surface area contributed by atoms with Crippen molar-refractivity contribution >= 4 is 15.9 Å². The molecular weight excluding hydrogens is 336 g/mol. The molecule has 0 aromatic heterocycles. The number of carbonyl (C=O) groups excluding carboxylic acids is 1. The van der Waals surface area contributed by atoms with Gasteiger partial charge in [0.25, 0.3) is 0 Å². The number of hydrogen-bond donors (Lipinski definition) is 0. The molecule has 25 heavy (non-hydrogen) atoms. The largest absolute Gasteiger partial charge is 0.341 e. The fourth-order valence-corrected chi connectivity index (χ4v) is 3.33. The van der Waals surface area contributed by atoms with Crippen LogP contribution in [0.5, 0.6) is 0 Å². The summed E-state index contributed by atoms with van der Waals surface area (Å²) in [6.07, 6.45) is 0.976. The highest BCUT2D eigenvalue weighted by Crippen LogP contribution is 2.15. The maximum absolute atomic E-state index is 12.3. The second-order valence-electron chi connectivity index (χ2n) is 6.17. The first-order chi connectivity index (χ1) is 11.8. The summed E-state index contributed by atoms with van der Waals surface area (Å²) in [5.41, 5.74) is 2.04. The molecule has 0 aliphatic rings. The Kier molecular flexibility index (Phi) is 6.33. The fourth-order valence-electron chi connectivity index (χ4n) is 2.43. The normalized spacial score (nSPS) is 11.5. The molecule has 0 saturated heterocycles. The molecule has 2 aromatic carbocycles. The second kappa shape index (κ2) is 8.27. The standard InChI is InChI=1S/C19H24N2O3S/c1-20(2)25(23,24)18-12-9-16(10-13-18)11-14-19(22)21(3)15-17-7-5-4-6-8-17/h4-10,12-13H,11,14-15H2,1-3H3. The maximum atomic E-state index is 12.3. The molecule has 0 aliphatic heterocycles. The van der Waals surface area contributed by atoms with E-state index < -0.39 is 10.0 Å².